The van der Waals surface area contributed by atoms with Gasteiger partial charge in [0.15, 0.2) is 0 Å². The Morgan fingerprint density at radius 1 is 1.15 bits per heavy atom. The number of ether oxygens (including phenoxy) is 2. The minimum Gasteiger partial charge on any atom is -0.495 e. The first kappa shape index (κ1) is 29.7. The lowest BCUT2D eigenvalue weighted by Crippen LogP contribution is -2.43. The van der Waals surface area contributed by atoms with E-state index < -0.39 is 17.6 Å². The molecule has 9 nitrogen and oxygen atoms in total. The molecule has 1 amide bonds. The van der Waals surface area contributed by atoms with E-state index in [1.165, 1.54) is 7.11 Å². The number of carbonyl (C=O) groups excluding carboxylic acids is 1. The summed E-state index contributed by atoms with van der Waals surface area (Å²) in [6.07, 6.45) is -1.78. The predicted octanol–water partition coefficient (Wildman–Crippen LogP) is 5.14. The lowest BCUT2D eigenvalue weighted by Gasteiger charge is -2.29. The molecular formula is C29H33F3N6O3. The van der Waals surface area contributed by atoms with Crippen molar-refractivity contribution in [1.82, 2.24) is 25.5 Å². The number of carbonyl (C=O) groups is 1. The van der Waals surface area contributed by atoms with Crippen molar-refractivity contribution < 1.29 is 27.4 Å². The van der Waals surface area contributed by atoms with Crippen LogP contribution in [-0.2, 0) is 12.6 Å². The lowest BCUT2D eigenvalue weighted by atomic mass is 10.0. The summed E-state index contributed by atoms with van der Waals surface area (Å²) < 4.78 is 52.2. The average molecular weight is 571 g/mol. The number of benzene rings is 2. The Bertz CT molecular complexity index is 1370. The molecule has 2 aromatic carbocycles. The molecule has 0 radical (unpaired) electrons. The van der Waals surface area contributed by atoms with E-state index in [0.717, 1.165) is 37.2 Å². The maximum atomic E-state index is 13.7. The van der Waals surface area contributed by atoms with Crippen molar-refractivity contribution in [3.05, 3.63) is 77.6 Å². The third kappa shape index (κ3) is 7.88. The second kappa shape index (κ2) is 12.9. The van der Waals surface area contributed by atoms with E-state index >= 15 is 0 Å². The Hall–Kier alpha value is -4.32. The van der Waals surface area contributed by atoms with E-state index in [1.54, 1.807) is 49.5 Å². The molecule has 1 aliphatic heterocycles. The molecule has 0 aliphatic carbocycles. The number of likely N-dealkylation sites (tertiary alicyclic amines) is 1. The third-order valence-electron chi connectivity index (χ3n) is 6.73. The van der Waals surface area contributed by atoms with Crippen LogP contribution in [0.2, 0.25) is 0 Å². The Morgan fingerprint density at radius 3 is 2.49 bits per heavy atom. The number of amides is 1. The van der Waals surface area contributed by atoms with Gasteiger partial charge in [0, 0.05) is 37.0 Å². The van der Waals surface area contributed by atoms with Gasteiger partial charge in [-0.05, 0) is 68.9 Å². The number of hydrogen-bond donors (Lipinski definition) is 3. The first-order valence-electron chi connectivity index (χ1n) is 13.1. The van der Waals surface area contributed by atoms with Crippen LogP contribution in [0.5, 0.6) is 17.4 Å². The molecule has 3 aromatic rings. The smallest absolute Gasteiger partial charge is 0.423 e. The van der Waals surface area contributed by atoms with Crippen LogP contribution in [-0.4, -0.2) is 61.1 Å². The topological polar surface area (TPSA) is 101 Å². The van der Waals surface area contributed by atoms with Gasteiger partial charge >= 0.3 is 6.18 Å². The molecule has 4 rings (SSSR count). The number of nitrogens with zero attached hydrogens (tertiary/aromatic N) is 3. The maximum absolute atomic E-state index is 13.7. The standard InChI is InChI=1S/C29H33F3N6O3/c1-18(33-2)15-19-5-8-22(9-6-19)41-27-23(29(30,31)32)17-34-28(37-27)36-24-10-7-20(16-25(24)40-4)26(39)35-21-11-13-38(3)14-12-21/h5-10,16-17,21,33H,1,11-15H2,2-4H3,(H,35,39)(H,34,36,37). The number of piperidine rings is 1. The van der Waals surface area contributed by atoms with Gasteiger partial charge in [0.2, 0.25) is 11.8 Å². The molecule has 1 fully saturated rings. The van der Waals surface area contributed by atoms with E-state index in [1.807, 2.05) is 7.05 Å². The highest BCUT2D eigenvalue weighted by atomic mass is 19.4. The summed E-state index contributed by atoms with van der Waals surface area (Å²) in [6.45, 7) is 5.69. The first-order valence-corrected chi connectivity index (χ1v) is 13.1. The van der Waals surface area contributed by atoms with Gasteiger partial charge in [-0.25, -0.2) is 4.98 Å². The molecule has 12 heteroatoms. The monoisotopic (exact) mass is 570 g/mol. The SMILES string of the molecule is C=C(Cc1ccc(Oc2nc(Nc3ccc(C(=O)NC4CCN(C)CC4)cc3OC)ncc2C(F)(F)F)cc1)NC. The molecule has 41 heavy (non-hydrogen) atoms. The summed E-state index contributed by atoms with van der Waals surface area (Å²) in [6, 6.07) is 11.4. The first-order chi connectivity index (χ1) is 19.5. The summed E-state index contributed by atoms with van der Waals surface area (Å²) in [5, 5.41) is 8.86. The van der Waals surface area contributed by atoms with Crippen molar-refractivity contribution in [3.63, 3.8) is 0 Å². The third-order valence-corrected chi connectivity index (χ3v) is 6.73. The van der Waals surface area contributed by atoms with Gasteiger partial charge in [0.05, 0.1) is 12.8 Å². The van der Waals surface area contributed by atoms with Gasteiger partial charge in [-0.3, -0.25) is 4.79 Å². The zero-order valence-corrected chi connectivity index (χ0v) is 23.1. The minimum absolute atomic E-state index is 0.0884. The van der Waals surface area contributed by atoms with Crippen LogP contribution in [0.1, 0.15) is 34.3 Å². The minimum atomic E-state index is -4.74. The molecule has 218 valence electrons. The summed E-state index contributed by atoms with van der Waals surface area (Å²) >= 11 is 0. The van der Waals surface area contributed by atoms with Crippen molar-refractivity contribution in [1.29, 1.82) is 0 Å². The molecule has 3 N–H and O–H groups in total. The number of anilines is 2. The highest BCUT2D eigenvalue weighted by molar-refractivity contribution is 5.95. The van der Waals surface area contributed by atoms with Crippen LogP contribution in [0.3, 0.4) is 0 Å². The molecule has 1 aliphatic rings. The summed E-state index contributed by atoms with van der Waals surface area (Å²) in [5.74, 6) is -0.554. The number of hydrogen-bond acceptors (Lipinski definition) is 8. The summed E-state index contributed by atoms with van der Waals surface area (Å²) in [7, 11) is 5.24. The quantitative estimate of drug-likeness (QED) is 0.308. The Balaban J connectivity index is 1.52. The molecule has 0 saturated carbocycles. The number of nitrogens with one attached hydrogen (secondary N) is 3. The number of rotatable bonds is 10. The fourth-order valence-electron chi connectivity index (χ4n) is 4.30. The van der Waals surface area contributed by atoms with Crippen LogP contribution in [0.15, 0.2) is 60.9 Å². The zero-order valence-electron chi connectivity index (χ0n) is 23.1. The van der Waals surface area contributed by atoms with E-state index in [0.29, 0.717) is 29.6 Å². The lowest BCUT2D eigenvalue weighted by molar-refractivity contribution is -0.139. The van der Waals surface area contributed by atoms with Gasteiger partial charge in [0.1, 0.15) is 17.1 Å². The number of halogens is 3. The van der Waals surface area contributed by atoms with Crippen LogP contribution in [0, 0.1) is 0 Å². The zero-order chi connectivity index (χ0) is 29.6. The molecule has 0 bridgehead atoms. The van der Waals surface area contributed by atoms with Crippen molar-refractivity contribution in [2.45, 2.75) is 31.5 Å². The van der Waals surface area contributed by atoms with Crippen molar-refractivity contribution in [3.8, 4) is 17.4 Å². The van der Waals surface area contributed by atoms with Crippen LogP contribution in [0.25, 0.3) is 0 Å². The maximum Gasteiger partial charge on any atom is 0.423 e. The van der Waals surface area contributed by atoms with Gasteiger partial charge in [-0.15, -0.1) is 0 Å². The number of aromatic nitrogens is 2. The fraction of sp³-hybridized carbons (Fsp3) is 0.345. The Morgan fingerprint density at radius 2 is 1.85 bits per heavy atom. The number of allylic oxidation sites excluding steroid dienone is 1. The molecule has 2 heterocycles. The molecule has 0 unspecified atom stereocenters. The van der Waals surface area contributed by atoms with Crippen LogP contribution < -0.4 is 25.4 Å². The van der Waals surface area contributed by atoms with E-state index in [2.05, 4.69) is 37.4 Å². The normalized spacial score (nSPS) is 14.3. The second-order valence-corrected chi connectivity index (χ2v) is 9.78. The van der Waals surface area contributed by atoms with Gasteiger partial charge < -0.3 is 30.3 Å². The van der Waals surface area contributed by atoms with E-state index in [9.17, 15) is 18.0 Å². The molecule has 0 spiro atoms. The summed E-state index contributed by atoms with van der Waals surface area (Å²) in [5.41, 5.74) is 1.34. The highest BCUT2D eigenvalue weighted by Crippen LogP contribution is 2.38. The highest BCUT2D eigenvalue weighted by Gasteiger charge is 2.36. The Labute approximate surface area is 236 Å². The fourth-order valence-corrected chi connectivity index (χ4v) is 4.30. The van der Waals surface area contributed by atoms with Crippen molar-refractivity contribution in [2.75, 3.05) is 39.6 Å². The van der Waals surface area contributed by atoms with Crippen molar-refractivity contribution in [2.24, 2.45) is 0 Å². The second-order valence-electron chi connectivity index (χ2n) is 9.78. The molecule has 1 saturated heterocycles. The van der Waals surface area contributed by atoms with Gasteiger partial charge in [-0.2, -0.15) is 18.2 Å². The van der Waals surface area contributed by atoms with Crippen molar-refractivity contribution >= 4 is 17.5 Å². The average Bonchev–Trinajstić information content (AvgIpc) is 2.95. The largest absolute Gasteiger partial charge is 0.495 e. The number of methoxy groups -OCH3 is 1. The Kier molecular flexibility index (Phi) is 9.33. The number of alkyl halides is 3. The van der Waals surface area contributed by atoms with Crippen LogP contribution in [0.4, 0.5) is 24.8 Å². The van der Waals surface area contributed by atoms with Gasteiger partial charge in [-0.1, -0.05) is 18.7 Å². The van der Waals surface area contributed by atoms with Gasteiger partial charge in [0.25, 0.3) is 5.91 Å². The molecular weight excluding hydrogens is 537 g/mol. The van der Waals surface area contributed by atoms with E-state index in [-0.39, 0.29) is 23.6 Å². The van der Waals surface area contributed by atoms with E-state index in [4.69, 9.17) is 9.47 Å². The predicted molar refractivity (Wildman–Crippen MR) is 150 cm³/mol. The number of likely N-dealkylation sites (N-methyl/N-ethyl adjacent to an activating group) is 1. The molecule has 1 aromatic heterocycles. The molecule has 0 atom stereocenters. The summed E-state index contributed by atoms with van der Waals surface area (Å²) in [4.78, 5) is 22.9. The van der Waals surface area contributed by atoms with Crippen LogP contribution >= 0.6 is 0 Å².